The summed E-state index contributed by atoms with van der Waals surface area (Å²) in [6.45, 7) is 5.28. The molecule has 0 aliphatic carbocycles. The zero-order valence-electron chi connectivity index (χ0n) is 14.0. The Bertz CT molecular complexity index is 544. The lowest BCUT2D eigenvalue weighted by Gasteiger charge is -2.44. The van der Waals surface area contributed by atoms with Crippen molar-refractivity contribution in [3.8, 4) is 0 Å². The number of benzene rings is 1. The number of rotatable bonds is 4. The van der Waals surface area contributed by atoms with Crippen molar-refractivity contribution < 1.29 is 14.3 Å². The second-order valence-electron chi connectivity index (χ2n) is 6.61. The third-order valence-corrected chi connectivity index (χ3v) is 5.10. The molecule has 2 aliphatic rings. The lowest BCUT2D eigenvalue weighted by molar-refractivity contribution is -0.134. The normalized spacial score (nSPS) is 22.7. The maximum atomic E-state index is 13.0. The third-order valence-electron chi connectivity index (χ3n) is 5.10. The number of aliphatic hydroxyl groups excluding tert-OH is 1. The fourth-order valence-electron chi connectivity index (χ4n) is 3.73. The van der Waals surface area contributed by atoms with Crippen molar-refractivity contribution in [2.75, 3.05) is 50.8 Å². The molecule has 0 bridgehead atoms. The number of piperidine rings is 1. The Morgan fingerprint density at radius 2 is 1.83 bits per heavy atom. The lowest BCUT2D eigenvalue weighted by Crippen LogP contribution is -2.55. The summed E-state index contributed by atoms with van der Waals surface area (Å²) in [6, 6.07) is 7.10. The van der Waals surface area contributed by atoms with E-state index in [0.29, 0.717) is 6.04 Å². The minimum atomic E-state index is -0.202. The van der Waals surface area contributed by atoms with E-state index in [4.69, 9.17) is 5.11 Å². The van der Waals surface area contributed by atoms with Crippen molar-refractivity contribution in [2.24, 2.45) is 0 Å². The summed E-state index contributed by atoms with van der Waals surface area (Å²) in [4.78, 5) is 18.7. The lowest BCUT2D eigenvalue weighted by atomic mass is 10.0. The van der Waals surface area contributed by atoms with E-state index in [0.717, 1.165) is 57.8 Å². The van der Waals surface area contributed by atoms with Crippen molar-refractivity contribution >= 4 is 11.6 Å². The number of carbonyl (C=O) groups is 1. The van der Waals surface area contributed by atoms with Gasteiger partial charge in [-0.1, -0.05) is 0 Å². The second-order valence-corrected chi connectivity index (χ2v) is 6.61. The van der Waals surface area contributed by atoms with Crippen LogP contribution in [0.1, 0.15) is 19.3 Å². The van der Waals surface area contributed by atoms with Crippen LogP contribution in [0.2, 0.25) is 0 Å². The maximum Gasteiger partial charge on any atom is 0.224 e. The zero-order valence-corrected chi connectivity index (χ0v) is 14.0. The summed E-state index contributed by atoms with van der Waals surface area (Å²) >= 11 is 0. The molecule has 1 aromatic rings. The Morgan fingerprint density at radius 1 is 1.12 bits per heavy atom. The molecule has 6 heteroatoms. The van der Waals surface area contributed by atoms with E-state index in [9.17, 15) is 9.18 Å². The third kappa shape index (κ3) is 4.05. The highest BCUT2D eigenvalue weighted by molar-refractivity contribution is 5.76. The van der Waals surface area contributed by atoms with Crippen LogP contribution in [-0.4, -0.2) is 72.7 Å². The minimum absolute atomic E-state index is 0.0622. The predicted molar refractivity (Wildman–Crippen MR) is 91.5 cm³/mol. The van der Waals surface area contributed by atoms with Gasteiger partial charge in [-0.15, -0.1) is 0 Å². The molecule has 3 rings (SSSR count). The molecule has 0 radical (unpaired) electrons. The SMILES string of the molecule is O=C(CCO)N1CCC[C@H](N2CCN(c3ccc(F)cc3)CC2)C1. The van der Waals surface area contributed by atoms with Gasteiger partial charge in [-0.2, -0.15) is 0 Å². The van der Waals surface area contributed by atoms with Crippen LogP contribution in [0, 0.1) is 5.82 Å². The van der Waals surface area contributed by atoms with Crippen LogP contribution in [0.25, 0.3) is 0 Å². The van der Waals surface area contributed by atoms with Gasteiger partial charge in [0, 0.05) is 57.4 Å². The van der Waals surface area contributed by atoms with Crippen molar-refractivity contribution in [2.45, 2.75) is 25.3 Å². The van der Waals surface area contributed by atoms with Crippen LogP contribution in [0.4, 0.5) is 10.1 Å². The molecule has 2 saturated heterocycles. The van der Waals surface area contributed by atoms with E-state index < -0.39 is 0 Å². The molecule has 2 heterocycles. The highest BCUT2D eigenvalue weighted by atomic mass is 19.1. The quantitative estimate of drug-likeness (QED) is 0.902. The molecule has 0 spiro atoms. The van der Waals surface area contributed by atoms with Crippen molar-refractivity contribution in [3.05, 3.63) is 30.1 Å². The highest BCUT2D eigenvalue weighted by Gasteiger charge is 2.29. The van der Waals surface area contributed by atoms with Gasteiger partial charge in [-0.3, -0.25) is 9.69 Å². The van der Waals surface area contributed by atoms with Crippen LogP contribution in [-0.2, 0) is 4.79 Å². The van der Waals surface area contributed by atoms with E-state index in [1.54, 1.807) is 0 Å². The summed E-state index contributed by atoms with van der Waals surface area (Å²) in [5.74, 6) is -0.139. The molecule has 1 aromatic carbocycles. The van der Waals surface area contributed by atoms with E-state index in [1.807, 2.05) is 17.0 Å². The monoisotopic (exact) mass is 335 g/mol. The first-order valence-corrected chi connectivity index (χ1v) is 8.80. The van der Waals surface area contributed by atoms with Crippen molar-refractivity contribution in [1.29, 1.82) is 0 Å². The molecule has 5 nitrogen and oxygen atoms in total. The van der Waals surface area contributed by atoms with E-state index >= 15 is 0 Å². The van der Waals surface area contributed by atoms with Gasteiger partial charge >= 0.3 is 0 Å². The Morgan fingerprint density at radius 3 is 2.50 bits per heavy atom. The molecule has 1 atom stereocenters. The average molecular weight is 335 g/mol. The summed E-state index contributed by atoms with van der Waals surface area (Å²) in [5.41, 5.74) is 1.07. The van der Waals surface area contributed by atoms with Crippen LogP contribution in [0.5, 0.6) is 0 Å². The second kappa shape index (κ2) is 7.94. The van der Waals surface area contributed by atoms with Crippen molar-refractivity contribution in [1.82, 2.24) is 9.80 Å². The Labute approximate surface area is 142 Å². The van der Waals surface area contributed by atoms with Gasteiger partial charge in [0.25, 0.3) is 0 Å². The van der Waals surface area contributed by atoms with Gasteiger partial charge in [-0.25, -0.2) is 4.39 Å². The number of nitrogens with zero attached hydrogens (tertiary/aromatic N) is 3. The number of anilines is 1. The first kappa shape index (κ1) is 17.2. The minimum Gasteiger partial charge on any atom is -0.396 e. The van der Waals surface area contributed by atoms with E-state index in [-0.39, 0.29) is 24.8 Å². The van der Waals surface area contributed by atoms with Crippen LogP contribution < -0.4 is 4.90 Å². The summed E-state index contributed by atoms with van der Waals surface area (Å²) in [5, 5.41) is 8.95. The fourth-order valence-corrected chi connectivity index (χ4v) is 3.73. The maximum absolute atomic E-state index is 13.0. The number of hydrogen-bond acceptors (Lipinski definition) is 4. The standard InChI is InChI=1S/C18H26FN3O2/c19-15-3-5-16(6-4-15)20-9-11-21(12-10-20)17-2-1-8-22(14-17)18(24)7-13-23/h3-6,17,23H,1-2,7-14H2/t17-/m0/s1. The summed E-state index contributed by atoms with van der Waals surface area (Å²) < 4.78 is 13.0. The number of piperazine rings is 1. The average Bonchev–Trinajstić information content (AvgIpc) is 2.63. The number of hydrogen-bond donors (Lipinski definition) is 1. The number of likely N-dealkylation sites (tertiary alicyclic amines) is 1. The first-order chi connectivity index (χ1) is 11.7. The van der Waals surface area contributed by atoms with Crippen molar-refractivity contribution in [3.63, 3.8) is 0 Å². The van der Waals surface area contributed by atoms with Gasteiger partial charge in [0.15, 0.2) is 0 Å². The molecule has 132 valence electrons. The Balaban J connectivity index is 1.52. The number of aliphatic hydroxyl groups is 1. The molecule has 1 N–H and O–H groups in total. The molecule has 0 aromatic heterocycles. The van der Waals surface area contributed by atoms with E-state index in [1.165, 1.54) is 12.1 Å². The predicted octanol–water partition coefficient (Wildman–Crippen LogP) is 1.32. The first-order valence-electron chi connectivity index (χ1n) is 8.80. The fraction of sp³-hybridized carbons (Fsp3) is 0.611. The smallest absolute Gasteiger partial charge is 0.224 e. The Kier molecular flexibility index (Phi) is 5.68. The summed E-state index contributed by atoms with van der Waals surface area (Å²) in [6.07, 6.45) is 2.38. The topological polar surface area (TPSA) is 47.0 Å². The van der Waals surface area contributed by atoms with Gasteiger partial charge in [-0.05, 0) is 37.1 Å². The van der Waals surface area contributed by atoms with Crippen LogP contribution in [0.15, 0.2) is 24.3 Å². The number of halogens is 1. The molecule has 2 fully saturated rings. The molecular weight excluding hydrogens is 309 g/mol. The molecule has 2 aliphatic heterocycles. The van der Waals surface area contributed by atoms with E-state index in [2.05, 4.69) is 9.80 Å². The van der Waals surface area contributed by atoms with Gasteiger partial charge < -0.3 is 14.9 Å². The largest absolute Gasteiger partial charge is 0.396 e. The summed E-state index contributed by atoms with van der Waals surface area (Å²) in [7, 11) is 0. The number of carbonyl (C=O) groups excluding carboxylic acids is 1. The molecular formula is C18H26FN3O2. The molecule has 0 unspecified atom stereocenters. The van der Waals surface area contributed by atoms with Gasteiger partial charge in [0.1, 0.15) is 5.82 Å². The van der Waals surface area contributed by atoms with Crippen LogP contribution >= 0.6 is 0 Å². The van der Waals surface area contributed by atoms with Gasteiger partial charge in [0.2, 0.25) is 5.91 Å². The zero-order chi connectivity index (χ0) is 16.9. The number of amides is 1. The molecule has 0 saturated carbocycles. The highest BCUT2D eigenvalue weighted by Crippen LogP contribution is 2.21. The van der Waals surface area contributed by atoms with Gasteiger partial charge in [0.05, 0.1) is 6.61 Å². The van der Waals surface area contributed by atoms with Crippen LogP contribution in [0.3, 0.4) is 0 Å². The molecule has 1 amide bonds. The molecule has 24 heavy (non-hydrogen) atoms. The Hall–Kier alpha value is -1.66.